The second-order valence-electron chi connectivity index (χ2n) is 8.00. The third-order valence-corrected chi connectivity index (χ3v) is 6.94. The van der Waals surface area contributed by atoms with Crippen LogP contribution in [-0.2, 0) is 16.4 Å². The van der Waals surface area contributed by atoms with Gasteiger partial charge in [-0.05, 0) is 49.6 Å². The highest BCUT2D eigenvalue weighted by atomic mass is 31.1. The highest BCUT2D eigenvalue weighted by Gasteiger charge is 2.33. The molecule has 0 fully saturated rings. The molecule has 2 unspecified atom stereocenters. The molecule has 2 atom stereocenters. The van der Waals surface area contributed by atoms with Crippen LogP contribution in [-0.4, -0.2) is 47.1 Å². The molecule has 7 heteroatoms. The van der Waals surface area contributed by atoms with Crippen LogP contribution in [0.5, 0.6) is 17.2 Å². The van der Waals surface area contributed by atoms with Gasteiger partial charge in [0, 0.05) is 30.4 Å². The quantitative estimate of drug-likeness (QED) is 0.339. The number of hydrogen-bond donors (Lipinski definition) is 0. The molecule has 0 aliphatic rings. The molecule has 2 rings (SSSR count). The summed E-state index contributed by atoms with van der Waals surface area (Å²) < 4.78 is 36.4. The van der Waals surface area contributed by atoms with E-state index < -0.39 is 0 Å². The Labute approximate surface area is 187 Å². The van der Waals surface area contributed by atoms with Gasteiger partial charge >= 0.3 is 0 Å². The van der Waals surface area contributed by atoms with Crippen LogP contribution in [0.3, 0.4) is 0 Å². The standard InChI is InChI=1S/C24H35FNO4P/c1-8-11-24(2,31-22-10-9-18(25)12-17(22)15-26(3)4)20-13-19(28-6)14-21(29-7)23(20)30-16-27-5/h9-10,12-14,31H,8,11,15-16H2,1-7H3. The number of methoxy groups -OCH3 is 3. The molecule has 0 aliphatic heterocycles. The predicted molar refractivity (Wildman–Crippen MR) is 126 cm³/mol. The maximum Gasteiger partial charge on any atom is 0.188 e. The van der Waals surface area contributed by atoms with E-state index in [9.17, 15) is 4.39 Å². The normalized spacial score (nSPS) is 13.6. The van der Waals surface area contributed by atoms with Gasteiger partial charge in [0.2, 0.25) is 0 Å². The minimum absolute atomic E-state index is 0.115. The Hall–Kier alpha value is -1.88. The van der Waals surface area contributed by atoms with E-state index in [0.29, 0.717) is 32.4 Å². The Morgan fingerprint density at radius 1 is 1.06 bits per heavy atom. The molecule has 2 aromatic carbocycles. The van der Waals surface area contributed by atoms with Crippen LogP contribution in [0.15, 0.2) is 30.3 Å². The average molecular weight is 452 g/mol. The maximum atomic E-state index is 14.0. The lowest BCUT2D eigenvalue weighted by atomic mass is 9.93. The van der Waals surface area contributed by atoms with Crippen molar-refractivity contribution in [1.29, 1.82) is 0 Å². The molecule has 0 saturated carbocycles. The fourth-order valence-corrected chi connectivity index (χ4v) is 5.51. The molecule has 31 heavy (non-hydrogen) atoms. The molecule has 0 amide bonds. The maximum absolute atomic E-state index is 14.0. The molecule has 2 aromatic rings. The smallest absolute Gasteiger partial charge is 0.188 e. The van der Waals surface area contributed by atoms with Crippen LogP contribution in [0.2, 0.25) is 0 Å². The van der Waals surface area contributed by atoms with E-state index in [4.69, 9.17) is 18.9 Å². The summed E-state index contributed by atoms with van der Waals surface area (Å²) in [5, 5.41) is 0.879. The molecular formula is C24H35FNO4P. The van der Waals surface area contributed by atoms with Gasteiger partial charge in [0.25, 0.3) is 0 Å². The fourth-order valence-electron chi connectivity index (χ4n) is 3.74. The third-order valence-electron chi connectivity index (χ3n) is 5.11. The molecule has 0 aromatic heterocycles. The largest absolute Gasteiger partial charge is 0.497 e. The van der Waals surface area contributed by atoms with Crippen molar-refractivity contribution in [3.8, 4) is 17.2 Å². The summed E-state index contributed by atoms with van der Waals surface area (Å²) in [6.45, 7) is 5.19. The summed E-state index contributed by atoms with van der Waals surface area (Å²) in [7, 11) is 9.24. The lowest BCUT2D eigenvalue weighted by molar-refractivity contribution is 0.0479. The van der Waals surface area contributed by atoms with E-state index in [1.54, 1.807) is 33.5 Å². The van der Waals surface area contributed by atoms with Gasteiger partial charge in [0.05, 0.1) is 14.2 Å². The lowest BCUT2D eigenvalue weighted by Crippen LogP contribution is -2.24. The van der Waals surface area contributed by atoms with Crippen molar-refractivity contribution in [2.24, 2.45) is 0 Å². The zero-order valence-electron chi connectivity index (χ0n) is 19.7. The van der Waals surface area contributed by atoms with Crippen molar-refractivity contribution < 1.29 is 23.3 Å². The minimum Gasteiger partial charge on any atom is -0.497 e. The number of benzene rings is 2. The van der Waals surface area contributed by atoms with Gasteiger partial charge < -0.3 is 23.8 Å². The first kappa shape index (κ1) is 25.4. The van der Waals surface area contributed by atoms with Gasteiger partial charge in [-0.2, -0.15) is 0 Å². The first-order chi connectivity index (χ1) is 14.8. The minimum atomic E-state index is -0.265. The van der Waals surface area contributed by atoms with E-state index in [-0.39, 0.29) is 17.8 Å². The Bertz CT molecular complexity index is 862. The zero-order chi connectivity index (χ0) is 23.0. The number of ether oxygens (including phenoxy) is 4. The summed E-state index contributed by atoms with van der Waals surface area (Å²) in [6.07, 6.45) is 1.90. The van der Waals surface area contributed by atoms with Gasteiger partial charge in [0.15, 0.2) is 18.3 Å². The average Bonchev–Trinajstić information content (AvgIpc) is 2.73. The van der Waals surface area contributed by atoms with Crippen LogP contribution in [0.4, 0.5) is 4.39 Å². The molecular weight excluding hydrogens is 416 g/mol. The van der Waals surface area contributed by atoms with E-state index in [1.165, 1.54) is 0 Å². The van der Waals surface area contributed by atoms with Crippen molar-refractivity contribution in [2.75, 3.05) is 42.2 Å². The molecule has 0 bridgehead atoms. The van der Waals surface area contributed by atoms with Gasteiger partial charge in [-0.25, -0.2) is 4.39 Å². The molecule has 0 N–H and O–H groups in total. The second-order valence-corrected chi connectivity index (χ2v) is 9.90. The molecule has 0 aliphatic carbocycles. The van der Waals surface area contributed by atoms with Crippen LogP contribution >= 0.6 is 8.58 Å². The molecule has 172 valence electrons. The van der Waals surface area contributed by atoms with Crippen molar-refractivity contribution in [1.82, 2.24) is 4.90 Å². The third kappa shape index (κ3) is 6.55. The monoisotopic (exact) mass is 451 g/mol. The van der Waals surface area contributed by atoms with Gasteiger partial charge in [-0.1, -0.05) is 34.9 Å². The molecule has 5 nitrogen and oxygen atoms in total. The highest BCUT2D eigenvalue weighted by Crippen LogP contribution is 2.52. The first-order valence-corrected chi connectivity index (χ1v) is 11.4. The summed E-state index contributed by atoms with van der Waals surface area (Å²) in [5.41, 5.74) is 2.00. The van der Waals surface area contributed by atoms with E-state index >= 15 is 0 Å². The van der Waals surface area contributed by atoms with Gasteiger partial charge in [0.1, 0.15) is 11.6 Å². The molecule has 0 spiro atoms. The summed E-state index contributed by atoms with van der Waals surface area (Å²) in [5.74, 6) is 1.75. The Balaban J connectivity index is 2.63. The van der Waals surface area contributed by atoms with E-state index in [2.05, 4.69) is 18.7 Å². The van der Waals surface area contributed by atoms with Crippen molar-refractivity contribution in [3.05, 3.63) is 47.3 Å². The second kappa shape index (κ2) is 11.7. The first-order valence-electron chi connectivity index (χ1n) is 10.4. The van der Waals surface area contributed by atoms with Crippen LogP contribution in [0.1, 0.15) is 37.8 Å². The van der Waals surface area contributed by atoms with Crippen LogP contribution in [0.25, 0.3) is 0 Å². The van der Waals surface area contributed by atoms with Crippen molar-refractivity contribution in [2.45, 2.75) is 38.4 Å². The summed E-state index contributed by atoms with van der Waals surface area (Å²) >= 11 is 0. The lowest BCUT2D eigenvalue weighted by Gasteiger charge is -2.33. The summed E-state index contributed by atoms with van der Waals surface area (Å²) in [6, 6.07) is 8.93. The van der Waals surface area contributed by atoms with Crippen LogP contribution in [0, 0.1) is 5.82 Å². The zero-order valence-corrected chi connectivity index (χ0v) is 20.7. The number of hydrogen-bond acceptors (Lipinski definition) is 5. The van der Waals surface area contributed by atoms with E-state index in [0.717, 1.165) is 29.3 Å². The fraction of sp³-hybridized carbons (Fsp3) is 0.500. The Morgan fingerprint density at radius 3 is 2.39 bits per heavy atom. The van der Waals surface area contributed by atoms with Crippen molar-refractivity contribution in [3.63, 3.8) is 0 Å². The molecule has 0 radical (unpaired) electrons. The highest BCUT2D eigenvalue weighted by molar-refractivity contribution is 7.48. The molecule has 0 heterocycles. The van der Waals surface area contributed by atoms with Gasteiger partial charge in [-0.3, -0.25) is 0 Å². The number of halogens is 1. The SMILES string of the molecule is CCCC(C)(Pc1ccc(F)cc1CN(C)C)c1cc(OC)cc(OC)c1OCOC. The number of rotatable bonds is 12. The molecule has 0 saturated heterocycles. The topological polar surface area (TPSA) is 40.2 Å². The van der Waals surface area contributed by atoms with Crippen molar-refractivity contribution >= 4 is 13.9 Å². The Morgan fingerprint density at radius 2 is 1.81 bits per heavy atom. The van der Waals surface area contributed by atoms with Crippen LogP contribution < -0.4 is 19.5 Å². The summed E-state index contributed by atoms with van der Waals surface area (Å²) in [4.78, 5) is 2.06. The Kier molecular flexibility index (Phi) is 9.54. The van der Waals surface area contributed by atoms with E-state index in [1.807, 2.05) is 32.3 Å². The van der Waals surface area contributed by atoms with Gasteiger partial charge in [-0.15, -0.1) is 0 Å². The number of nitrogens with zero attached hydrogens (tertiary/aromatic N) is 1. The predicted octanol–water partition coefficient (Wildman–Crippen LogP) is 4.91.